The minimum absolute atomic E-state index is 0.0391. The zero-order valence-corrected chi connectivity index (χ0v) is 17.1. The minimum Gasteiger partial charge on any atom is -0.465 e. The number of esters is 1. The van der Waals surface area contributed by atoms with Gasteiger partial charge in [-0.25, -0.2) is 4.79 Å². The maximum absolute atomic E-state index is 12.6. The quantitative estimate of drug-likeness (QED) is 0.309. The number of carbonyl (C=O) groups excluding carboxylic acids is 3. The van der Waals surface area contributed by atoms with E-state index < -0.39 is 12.1 Å². The summed E-state index contributed by atoms with van der Waals surface area (Å²) in [7, 11) is 0. The smallest absolute Gasteiger partial charge is 0.315 e. The number of urea groups is 1. The number of hydrogen-bond donors (Lipinski definition) is 4. The average molecular weight is 403 g/mol. The van der Waals surface area contributed by atoms with Crippen LogP contribution < -0.4 is 21.3 Å². The fourth-order valence-corrected chi connectivity index (χ4v) is 2.75. The van der Waals surface area contributed by atoms with Crippen LogP contribution in [0.1, 0.15) is 39.2 Å². The summed E-state index contributed by atoms with van der Waals surface area (Å²) in [5.74, 6) is -0.625. The highest BCUT2D eigenvalue weighted by atomic mass is 16.5. The summed E-state index contributed by atoms with van der Waals surface area (Å²) in [5, 5.41) is 12.6. The molecule has 1 aliphatic rings. The fourth-order valence-electron chi connectivity index (χ4n) is 2.75. The van der Waals surface area contributed by atoms with Crippen molar-refractivity contribution in [3.05, 3.63) is 29.8 Å². The Morgan fingerprint density at radius 1 is 1.28 bits per heavy atom. The van der Waals surface area contributed by atoms with Crippen LogP contribution in [0.15, 0.2) is 24.3 Å². The van der Waals surface area contributed by atoms with Gasteiger partial charge in [-0.3, -0.25) is 15.0 Å². The molecule has 1 fully saturated rings. The van der Waals surface area contributed by atoms with Crippen molar-refractivity contribution >= 4 is 29.4 Å². The summed E-state index contributed by atoms with van der Waals surface area (Å²) in [4.78, 5) is 37.8. The summed E-state index contributed by atoms with van der Waals surface area (Å²) >= 11 is 0. The van der Waals surface area contributed by atoms with Crippen LogP contribution in [0.4, 0.5) is 10.5 Å². The van der Waals surface area contributed by atoms with Gasteiger partial charge in [0.15, 0.2) is 0 Å². The number of nitrogens with one attached hydrogen (secondary N) is 3. The van der Waals surface area contributed by atoms with Gasteiger partial charge in [0.2, 0.25) is 5.91 Å². The molecule has 1 aliphatic heterocycles. The van der Waals surface area contributed by atoms with Gasteiger partial charge in [0.1, 0.15) is 11.9 Å². The first-order chi connectivity index (χ1) is 13.6. The Balaban J connectivity index is 1.76. The van der Waals surface area contributed by atoms with Gasteiger partial charge in [0.05, 0.1) is 13.0 Å². The van der Waals surface area contributed by atoms with Gasteiger partial charge in [-0.05, 0) is 36.1 Å². The van der Waals surface area contributed by atoms with E-state index >= 15 is 0 Å². The molecule has 0 bridgehead atoms. The monoisotopic (exact) mass is 403 g/mol. The highest BCUT2D eigenvalue weighted by Gasteiger charge is 2.33. The molecule has 5 N–H and O–H groups in total. The lowest BCUT2D eigenvalue weighted by Gasteiger charge is -2.18. The van der Waals surface area contributed by atoms with Gasteiger partial charge in [-0.15, -0.1) is 0 Å². The SMILES string of the molecule is CC(C)(C)COC(=O)CCNC(=O)NC1CCN(c2ccc(C(=N)N)cc2)C1=O. The van der Waals surface area contributed by atoms with Crippen molar-refractivity contribution in [1.29, 1.82) is 5.41 Å². The second-order valence-corrected chi connectivity index (χ2v) is 8.16. The number of rotatable bonds is 7. The number of benzene rings is 1. The number of nitrogens with two attached hydrogens (primary N) is 1. The predicted octanol–water partition coefficient (Wildman–Crippen LogP) is 1.35. The van der Waals surface area contributed by atoms with Crippen LogP contribution in [0.2, 0.25) is 0 Å². The number of hydrogen-bond acceptors (Lipinski definition) is 5. The normalized spacial score (nSPS) is 16.4. The van der Waals surface area contributed by atoms with Crippen molar-refractivity contribution < 1.29 is 19.1 Å². The molecule has 0 aliphatic carbocycles. The molecule has 0 spiro atoms. The van der Waals surface area contributed by atoms with Gasteiger partial charge in [-0.1, -0.05) is 20.8 Å². The molecule has 0 saturated carbocycles. The van der Waals surface area contributed by atoms with E-state index in [9.17, 15) is 14.4 Å². The Kier molecular flexibility index (Phi) is 7.19. The van der Waals surface area contributed by atoms with E-state index in [1.165, 1.54) is 0 Å². The molecule has 1 unspecified atom stereocenters. The van der Waals surface area contributed by atoms with Gasteiger partial charge < -0.3 is 26.0 Å². The Labute approximate surface area is 170 Å². The molecule has 1 saturated heterocycles. The van der Waals surface area contributed by atoms with Crippen LogP contribution in [-0.4, -0.2) is 49.5 Å². The molecule has 2 rings (SSSR count). The molecular weight excluding hydrogens is 374 g/mol. The van der Waals surface area contributed by atoms with E-state index in [1.807, 2.05) is 20.8 Å². The molecule has 1 aromatic rings. The Hall–Kier alpha value is -3.10. The van der Waals surface area contributed by atoms with Crippen molar-refractivity contribution in [2.45, 2.75) is 39.7 Å². The molecule has 1 atom stereocenters. The second-order valence-electron chi connectivity index (χ2n) is 8.16. The third-order valence-electron chi connectivity index (χ3n) is 4.28. The van der Waals surface area contributed by atoms with Crippen LogP contribution in [0.3, 0.4) is 0 Å². The van der Waals surface area contributed by atoms with E-state index in [4.69, 9.17) is 15.9 Å². The summed E-state index contributed by atoms with van der Waals surface area (Å²) < 4.78 is 5.13. The third-order valence-corrected chi connectivity index (χ3v) is 4.28. The summed E-state index contributed by atoms with van der Waals surface area (Å²) in [5.41, 5.74) is 6.59. The maximum atomic E-state index is 12.6. The number of nitrogen functional groups attached to an aromatic ring is 1. The Bertz CT molecular complexity index is 770. The van der Waals surface area contributed by atoms with Crippen molar-refractivity contribution in [3.8, 4) is 0 Å². The first kappa shape index (κ1) is 22.2. The van der Waals surface area contributed by atoms with Gasteiger partial charge in [0.25, 0.3) is 0 Å². The lowest BCUT2D eigenvalue weighted by molar-refractivity contribution is -0.146. The highest BCUT2D eigenvalue weighted by Crippen LogP contribution is 2.22. The van der Waals surface area contributed by atoms with E-state index in [-0.39, 0.29) is 36.1 Å². The van der Waals surface area contributed by atoms with E-state index in [0.717, 1.165) is 0 Å². The van der Waals surface area contributed by atoms with E-state index in [0.29, 0.717) is 30.8 Å². The van der Waals surface area contributed by atoms with E-state index in [1.54, 1.807) is 29.2 Å². The first-order valence-corrected chi connectivity index (χ1v) is 9.52. The Morgan fingerprint density at radius 2 is 1.93 bits per heavy atom. The maximum Gasteiger partial charge on any atom is 0.315 e. The molecule has 9 nitrogen and oxygen atoms in total. The topological polar surface area (TPSA) is 138 Å². The standard InChI is InChI=1S/C20H29N5O4/c1-20(2,3)12-29-16(26)8-10-23-19(28)24-15-9-11-25(18(15)27)14-6-4-13(5-7-14)17(21)22/h4-7,15H,8-12H2,1-3H3,(H3,21,22)(H2,23,24,28). The molecule has 3 amide bonds. The van der Waals surface area contributed by atoms with Crippen LogP contribution in [0.5, 0.6) is 0 Å². The van der Waals surface area contributed by atoms with Gasteiger partial charge in [0, 0.05) is 24.3 Å². The molecule has 0 aromatic heterocycles. The predicted molar refractivity (Wildman–Crippen MR) is 110 cm³/mol. The average Bonchev–Trinajstić information content (AvgIpc) is 3.00. The molecule has 1 heterocycles. The highest BCUT2D eigenvalue weighted by molar-refractivity contribution is 6.02. The lowest BCUT2D eigenvalue weighted by Crippen LogP contribution is -2.46. The van der Waals surface area contributed by atoms with Crippen molar-refractivity contribution in [1.82, 2.24) is 10.6 Å². The summed E-state index contributed by atoms with van der Waals surface area (Å²) in [6.07, 6.45) is 0.547. The third kappa shape index (κ3) is 6.78. The summed E-state index contributed by atoms with van der Waals surface area (Å²) in [6, 6.07) is 5.67. The van der Waals surface area contributed by atoms with Crippen LogP contribution in [0.25, 0.3) is 0 Å². The Morgan fingerprint density at radius 3 is 2.52 bits per heavy atom. The van der Waals surface area contributed by atoms with Crippen molar-refractivity contribution in [2.75, 3.05) is 24.6 Å². The van der Waals surface area contributed by atoms with Crippen LogP contribution in [-0.2, 0) is 14.3 Å². The molecule has 29 heavy (non-hydrogen) atoms. The molecular formula is C20H29N5O4. The number of carbonyl (C=O) groups is 3. The zero-order chi connectivity index (χ0) is 21.6. The number of anilines is 1. The van der Waals surface area contributed by atoms with Crippen LogP contribution in [0, 0.1) is 10.8 Å². The first-order valence-electron chi connectivity index (χ1n) is 9.52. The summed E-state index contributed by atoms with van der Waals surface area (Å²) in [6.45, 7) is 6.81. The fraction of sp³-hybridized carbons (Fsp3) is 0.500. The van der Waals surface area contributed by atoms with E-state index in [2.05, 4.69) is 10.6 Å². The van der Waals surface area contributed by atoms with Gasteiger partial charge >= 0.3 is 12.0 Å². The number of amides is 3. The zero-order valence-electron chi connectivity index (χ0n) is 17.1. The van der Waals surface area contributed by atoms with Crippen molar-refractivity contribution in [2.24, 2.45) is 11.1 Å². The molecule has 1 aromatic carbocycles. The lowest BCUT2D eigenvalue weighted by atomic mass is 9.99. The number of ether oxygens (including phenoxy) is 1. The second kappa shape index (κ2) is 9.40. The molecule has 9 heteroatoms. The molecule has 0 radical (unpaired) electrons. The molecule has 158 valence electrons. The number of amidine groups is 1. The van der Waals surface area contributed by atoms with Crippen LogP contribution >= 0.6 is 0 Å². The van der Waals surface area contributed by atoms with Gasteiger partial charge in [-0.2, -0.15) is 0 Å². The minimum atomic E-state index is -0.629. The number of nitrogens with zero attached hydrogens (tertiary/aromatic N) is 1. The van der Waals surface area contributed by atoms with Crippen molar-refractivity contribution in [3.63, 3.8) is 0 Å². The largest absolute Gasteiger partial charge is 0.465 e.